The number of ether oxygens (including phenoxy) is 2. The van der Waals surface area contributed by atoms with Crippen molar-refractivity contribution in [2.24, 2.45) is 11.8 Å². The lowest BCUT2D eigenvalue weighted by Crippen LogP contribution is -2.49. The van der Waals surface area contributed by atoms with Crippen LogP contribution in [-0.2, 0) is 23.8 Å². The Kier molecular flexibility index (Phi) is 17.0. The molecular weight excluding hydrogens is 625 g/mol. The fraction of sp³-hybridized carbons (Fsp3) is 1.00. The Hall–Kier alpha value is 0.144. The molecule has 0 saturated carbocycles. The van der Waals surface area contributed by atoms with E-state index in [4.69, 9.17) is 13.7 Å². The van der Waals surface area contributed by atoms with E-state index in [0.717, 1.165) is 31.9 Å². The van der Waals surface area contributed by atoms with Crippen LogP contribution >= 0.6 is 0 Å². The van der Waals surface area contributed by atoms with Crippen LogP contribution < -0.4 is 0 Å². The summed E-state index contributed by atoms with van der Waals surface area (Å²) in [5, 5.41) is 9.64. The molecule has 11 heteroatoms. The van der Waals surface area contributed by atoms with E-state index < -0.39 is 62.5 Å². The monoisotopic (exact) mass is 696 g/mol. The second-order valence-electron chi connectivity index (χ2n) is 16.8. The van der Waals surface area contributed by atoms with Gasteiger partial charge in [0.05, 0.1) is 19.0 Å². The zero-order valence-corrected chi connectivity index (χ0v) is 33.9. The average Bonchev–Trinajstić information content (AvgIpc) is 3.19. The highest BCUT2D eigenvalue weighted by Gasteiger charge is 2.54. The van der Waals surface area contributed by atoms with Crippen molar-refractivity contribution in [2.45, 2.75) is 192 Å². The van der Waals surface area contributed by atoms with E-state index in [9.17, 15) is 23.1 Å². The van der Waals surface area contributed by atoms with Gasteiger partial charge < -0.3 is 24.2 Å². The van der Waals surface area contributed by atoms with Gasteiger partial charge in [0, 0.05) is 0 Å². The van der Waals surface area contributed by atoms with Crippen LogP contribution in [0.4, 0.5) is 0 Å². The normalized spacial score (nSPS) is 22.0. The van der Waals surface area contributed by atoms with Gasteiger partial charge in [-0.05, 0) is 74.8 Å². The van der Waals surface area contributed by atoms with Crippen molar-refractivity contribution < 1.29 is 36.8 Å². The Bertz CT molecular complexity index is 956. The maximum absolute atomic E-state index is 12.2. The number of hydrogen-bond donors (Lipinski definition) is 3. The molecule has 0 bridgehead atoms. The first-order valence-electron chi connectivity index (χ1n) is 17.7. The van der Waals surface area contributed by atoms with Gasteiger partial charge in [0.1, 0.15) is 12.2 Å². The molecule has 1 saturated heterocycles. The second kappa shape index (κ2) is 17.7. The average molecular weight is 697 g/mol. The lowest BCUT2D eigenvalue weighted by atomic mass is 9.73. The minimum atomic E-state index is -3.87. The number of hydrogen-bond acceptors (Lipinski definition) is 8. The summed E-state index contributed by atoms with van der Waals surface area (Å²) in [6.45, 7) is 21.8. The van der Waals surface area contributed by atoms with Gasteiger partial charge in [-0.25, -0.2) is 0 Å². The van der Waals surface area contributed by atoms with E-state index in [0.29, 0.717) is 6.42 Å². The fourth-order valence-electron chi connectivity index (χ4n) is 6.51. The molecule has 3 N–H and O–H groups in total. The molecule has 1 heterocycles. The summed E-state index contributed by atoms with van der Waals surface area (Å²) in [5.41, 5.74) is 0. The largest absolute Gasteiger partial charge is 0.432 e. The summed E-state index contributed by atoms with van der Waals surface area (Å²) < 4.78 is 42.8. The maximum Gasteiger partial charge on any atom is 0.264 e. The summed E-state index contributed by atoms with van der Waals surface area (Å²) in [6.07, 6.45) is 13.3. The molecule has 5 atom stereocenters. The molecule has 0 aromatic carbocycles. The van der Waals surface area contributed by atoms with Crippen LogP contribution in [-0.4, -0.2) is 76.7 Å². The van der Waals surface area contributed by atoms with Crippen LogP contribution in [0.15, 0.2) is 0 Å². The number of rotatable bonds is 23. The Labute approximate surface area is 279 Å². The number of unbranched alkanes of at least 4 members (excludes halogenated alkanes) is 9. The highest BCUT2D eigenvalue weighted by Crippen LogP contribution is 2.53. The lowest BCUT2D eigenvalue weighted by Gasteiger charge is -2.46. The molecule has 0 amide bonds. The molecule has 0 aromatic heterocycles. The Morgan fingerprint density at radius 2 is 1.20 bits per heavy atom. The molecule has 0 unspecified atom stereocenters. The smallest absolute Gasteiger partial charge is 0.264 e. The van der Waals surface area contributed by atoms with Gasteiger partial charge in [-0.2, -0.15) is 8.42 Å². The predicted octanol–water partition coefficient (Wildman–Crippen LogP) is 8.12. The van der Waals surface area contributed by atoms with Gasteiger partial charge in [-0.3, -0.25) is 4.18 Å². The van der Waals surface area contributed by atoms with Gasteiger partial charge in [0.25, 0.3) is 10.1 Å². The molecule has 0 aliphatic carbocycles. The zero-order chi connectivity index (χ0) is 34.9. The lowest BCUT2D eigenvalue weighted by molar-refractivity contribution is -0.159. The highest BCUT2D eigenvalue weighted by molar-refractivity contribution is 7.86. The standard InChI is InChI=1S/C34H72O8SSi2/c1-13-14-15-16-17-18-19-20-21-22-23-27(24-32(2,3)44(9,10)38)28(25-33(4,5)45(11,12)39)30-31(41-34(6,7)40-30)29(26-35)42-43(8,36)37/h27-31,35,38-39H,13-26H2,1-12H3/t27-,28+,29-,30-,31+/m1/s1. The summed E-state index contributed by atoms with van der Waals surface area (Å²) in [5.74, 6) is -1.02. The molecule has 0 radical (unpaired) electrons. The second-order valence-corrected chi connectivity index (χ2v) is 27.3. The predicted molar refractivity (Wildman–Crippen MR) is 191 cm³/mol. The van der Waals surface area contributed by atoms with Gasteiger partial charge in [0.2, 0.25) is 0 Å². The topological polar surface area (TPSA) is 123 Å². The molecule has 45 heavy (non-hydrogen) atoms. The fourth-order valence-corrected chi connectivity index (χ4v) is 8.62. The third kappa shape index (κ3) is 14.7. The minimum Gasteiger partial charge on any atom is -0.432 e. The third-order valence-electron chi connectivity index (χ3n) is 10.8. The molecule has 0 spiro atoms. The molecule has 8 nitrogen and oxygen atoms in total. The summed E-state index contributed by atoms with van der Waals surface area (Å²) in [4.78, 5) is 22.8. The van der Waals surface area contributed by atoms with Crippen LogP contribution in [0.2, 0.25) is 36.3 Å². The Morgan fingerprint density at radius 3 is 1.62 bits per heavy atom. The molecule has 1 aliphatic rings. The van der Waals surface area contributed by atoms with Crippen LogP contribution in [0.3, 0.4) is 0 Å². The Balaban J connectivity index is 3.45. The van der Waals surface area contributed by atoms with Crippen molar-refractivity contribution >= 4 is 26.8 Å². The van der Waals surface area contributed by atoms with Crippen molar-refractivity contribution in [1.82, 2.24) is 0 Å². The Morgan fingerprint density at radius 1 is 0.778 bits per heavy atom. The summed E-state index contributed by atoms with van der Waals surface area (Å²) in [7, 11) is -9.09. The van der Waals surface area contributed by atoms with Crippen molar-refractivity contribution in [3.63, 3.8) is 0 Å². The third-order valence-corrected chi connectivity index (χ3v) is 18.4. The number of aliphatic hydroxyl groups is 1. The van der Waals surface area contributed by atoms with Crippen LogP contribution in [0.25, 0.3) is 0 Å². The van der Waals surface area contributed by atoms with E-state index in [-0.39, 0.29) is 16.9 Å². The quantitative estimate of drug-likeness (QED) is 0.0556. The van der Waals surface area contributed by atoms with Gasteiger partial charge >= 0.3 is 0 Å². The maximum atomic E-state index is 12.2. The van der Waals surface area contributed by atoms with E-state index in [1.165, 1.54) is 51.4 Å². The van der Waals surface area contributed by atoms with Crippen molar-refractivity contribution in [3.8, 4) is 0 Å². The molecule has 1 aliphatic heterocycles. The van der Waals surface area contributed by atoms with E-state index in [1.807, 2.05) is 40.0 Å². The zero-order valence-electron chi connectivity index (χ0n) is 31.1. The van der Waals surface area contributed by atoms with E-state index in [2.05, 4.69) is 34.6 Å². The van der Waals surface area contributed by atoms with Gasteiger partial charge in [-0.15, -0.1) is 0 Å². The molecule has 1 fully saturated rings. The van der Waals surface area contributed by atoms with Crippen LogP contribution in [0, 0.1) is 11.8 Å². The van der Waals surface area contributed by atoms with Crippen LogP contribution in [0.5, 0.6) is 0 Å². The van der Waals surface area contributed by atoms with Crippen LogP contribution in [0.1, 0.15) is 132 Å². The summed E-state index contributed by atoms with van der Waals surface area (Å²) in [6, 6.07) is 0. The first-order valence-corrected chi connectivity index (χ1v) is 25.4. The summed E-state index contributed by atoms with van der Waals surface area (Å²) >= 11 is 0. The molecule has 270 valence electrons. The van der Waals surface area contributed by atoms with Gasteiger partial charge in [0.15, 0.2) is 22.4 Å². The van der Waals surface area contributed by atoms with Crippen molar-refractivity contribution in [2.75, 3.05) is 12.9 Å². The first kappa shape index (κ1) is 43.2. The molecule has 0 aromatic rings. The van der Waals surface area contributed by atoms with Gasteiger partial charge in [-0.1, -0.05) is 105 Å². The van der Waals surface area contributed by atoms with E-state index >= 15 is 0 Å². The highest BCUT2D eigenvalue weighted by atomic mass is 32.2. The number of aliphatic hydroxyl groups excluding tert-OH is 1. The van der Waals surface area contributed by atoms with Crippen molar-refractivity contribution in [1.29, 1.82) is 0 Å². The molecular formula is C34H72O8SSi2. The molecule has 1 rings (SSSR count). The SMILES string of the molecule is CCCCCCCCCCCC[C@H](CC(C)(C)[Si](C)(C)O)[C@H](CC(C)(C)[Si](C)(C)O)[C@H]1OC(C)(C)O[C@H]1[C@@H](CO)OS(C)(=O)=O. The minimum absolute atomic E-state index is 0.117. The first-order chi connectivity index (χ1) is 20.4. The van der Waals surface area contributed by atoms with E-state index in [1.54, 1.807) is 0 Å². The van der Waals surface area contributed by atoms with Crippen molar-refractivity contribution in [3.05, 3.63) is 0 Å².